The van der Waals surface area contributed by atoms with E-state index in [0.717, 1.165) is 44.6 Å². The van der Waals surface area contributed by atoms with Crippen molar-refractivity contribution in [1.29, 1.82) is 0 Å². The first kappa shape index (κ1) is 38.6. The van der Waals surface area contributed by atoms with E-state index in [1.54, 1.807) is 14.2 Å². The van der Waals surface area contributed by atoms with Crippen molar-refractivity contribution in [3.8, 4) is 0 Å². The van der Waals surface area contributed by atoms with Crippen LogP contribution in [0.5, 0.6) is 0 Å². The Hall–Kier alpha value is -3.60. The van der Waals surface area contributed by atoms with Gasteiger partial charge in [0, 0.05) is 14.2 Å². The van der Waals surface area contributed by atoms with Gasteiger partial charge in [0.2, 0.25) is 0 Å². The van der Waals surface area contributed by atoms with Crippen molar-refractivity contribution in [2.24, 2.45) is 10.8 Å². The van der Waals surface area contributed by atoms with Crippen molar-refractivity contribution >= 4 is 11.6 Å². The van der Waals surface area contributed by atoms with Gasteiger partial charge in [0.05, 0.1) is 0 Å². The zero-order chi connectivity index (χ0) is 34.7. The molecule has 0 aromatic carbocycles. The number of carbonyl (C=O) groups excluding carboxylic acids is 2. The molecule has 0 bridgehead atoms. The van der Waals surface area contributed by atoms with Crippen LogP contribution in [0.4, 0.5) is 0 Å². The molecule has 0 spiro atoms. The topological polar surface area (TPSA) is 52.6 Å². The number of hydrogen-bond donors (Lipinski definition) is 0. The van der Waals surface area contributed by atoms with E-state index in [1.807, 2.05) is 38.2 Å². The number of Topliss-reactive ketones (excluding diaryl/α,β-unsaturated/α-hetero) is 2. The van der Waals surface area contributed by atoms with Gasteiger partial charge in [-0.05, 0) is 87.5 Å². The van der Waals surface area contributed by atoms with E-state index in [4.69, 9.17) is 9.47 Å². The number of ketones is 2. The Morgan fingerprint density at radius 1 is 0.565 bits per heavy atom. The average molecular weight is 625 g/mol. The maximum Gasteiger partial charge on any atom is 0.187 e. The molecule has 2 unspecified atom stereocenters. The third-order valence-corrected chi connectivity index (χ3v) is 8.84. The minimum absolute atomic E-state index is 0.0854. The Labute approximate surface area is 279 Å². The minimum Gasteiger partial charge on any atom is -0.373 e. The summed E-state index contributed by atoms with van der Waals surface area (Å²) in [4.78, 5) is 25.2. The SMILES string of the molecule is COC1CC(C)(C)C(C=CC(C)=CC=CC(C)=CC=CC=C(C)C=CC=C(C)C=CC2=C(C)C(=O)C(OC)CC2(C)C)=C(C)C1=O. The first-order valence-electron chi connectivity index (χ1n) is 16.2. The van der Waals surface area contributed by atoms with Crippen molar-refractivity contribution in [3.05, 3.63) is 130 Å². The highest BCUT2D eigenvalue weighted by atomic mass is 16.5. The zero-order valence-corrected chi connectivity index (χ0v) is 30.3. The molecular formula is C42H56O4. The maximum absolute atomic E-state index is 12.6. The largest absolute Gasteiger partial charge is 0.373 e. The van der Waals surface area contributed by atoms with Crippen LogP contribution < -0.4 is 0 Å². The Morgan fingerprint density at radius 3 is 1.20 bits per heavy atom. The van der Waals surface area contributed by atoms with E-state index in [9.17, 15) is 9.59 Å². The molecule has 2 atom stereocenters. The van der Waals surface area contributed by atoms with Gasteiger partial charge in [-0.1, -0.05) is 135 Å². The molecule has 2 aliphatic rings. The van der Waals surface area contributed by atoms with Gasteiger partial charge in [-0.3, -0.25) is 9.59 Å². The van der Waals surface area contributed by atoms with Crippen molar-refractivity contribution in [1.82, 2.24) is 0 Å². The Balaban J connectivity index is 1.96. The minimum atomic E-state index is -0.353. The third kappa shape index (κ3) is 11.0. The molecule has 4 heteroatoms. The van der Waals surface area contributed by atoms with E-state index in [1.165, 1.54) is 0 Å². The van der Waals surface area contributed by atoms with Gasteiger partial charge in [-0.2, -0.15) is 0 Å². The highest BCUT2D eigenvalue weighted by Gasteiger charge is 2.38. The molecule has 0 aliphatic heterocycles. The highest BCUT2D eigenvalue weighted by molar-refractivity contribution is 6.01. The molecule has 2 aliphatic carbocycles. The lowest BCUT2D eigenvalue weighted by molar-refractivity contribution is -0.128. The lowest BCUT2D eigenvalue weighted by atomic mass is 9.71. The molecule has 0 saturated carbocycles. The smallest absolute Gasteiger partial charge is 0.187 e. The van der Waals surface area contributed by atoms with E-state index in [-0.39, 0.29) is 34.6 Å². The van der Waals surface area contributed by atoms with Crippen LogP contribution in [-0.2, 0) is 19.1 Å². The first-order chi connectivity index (χ1) is 21.5. The van der Waals surface area contributed by atoms with Crippen LogP contribution in [0.2, 0.25) is 0 Å². The summed E-state index contributed by atoms with van der Waals surface area (Å²) in [6.07, 6.45) is 29.7. The van der Waals surface area contributed by atoms with Crippen LogP contribution in [0.3, 0.4) is 0 Å². The van der Waals surface area contributed by atoms with Crippen molar-refractivity contribution < 1.29 is 19.1 Å². The number of methoxy groups -OCH3 is 2. The standard InChI is InChI=1S/C42H56O4/c1-29(19-15-21-31(3)23-25-35-33(5)39(43)37(45-11)27-41(35,7)8)17-13-14-18-30(2)20-16-22-32(4)24-26-36-34(6)40(44)38(46-12)28-42(36,9)10/h13-26,37-38H,27-28H2,1-12H3. The molecule has 0 heterocycles. The normalized spacial score (nSPS) is 24.0. The predicted molar refractivity (Wildman–Crippen MR) is 195 cm³/mol. The average Bonchev–Trinajstić information content (AvgIpc) is 2.98. The lowest BCUT2D eigenvalue weighted by Crippen LogP contribution is -2.37. The number of allylic oxidation sites excluding steroid dienone is 20. The van der Waals surface area contributed by atoms with Crippen molar-refractivity contribution in [2.75, 3.05) is 14.2 Å². The van der Waals surface area contributed by atoms with Crippen LogP contribution >= 0.6 is 0 Å². The van der Waals surface area contributed by atoms with Gasteiger partial charge < -0.3 is 9.47 Å². The molecule has 46 heavy (non-hydrogen) atoms. The van der Waals surface area contributed by atoms with E-state index in [0.29, 0.717) is 12.8 Å². The molecule has 0 N–H and O–H groups in total. The second-order valence-electron chi connectivity index (χ2n) is 13.8. The Morgan fingerprint density at radius 2 is 0.870 bits per heavy atom. The monoisotopic (exact) mass is 624 g/mol. The Bertz CT molecular complexity index is 1370. The van der Waals surface area contributed by atoms with Crippen LogP contribution in [-0.4, -0.2) is 38.0 Å². The fourth-order valence-corrected chi connectivity index (χ4v) is 5.95. The summed E-state index contributed by atoms with van der Waals surface area (Å²) >= 11 is 0. The predicted octanol–water partition coefficient (Wildman–Crippen LogP) is 10.2. The van der Waals surface area contributed by atoms with Crippen molar-refractivity contribution in [3.63, 3.8) is 0 Å². The summed E-state index contributed by atoms with van der Waals surface area (Å²) in [6, 6.07) is 0. The lowest BCUT2D eigenvalue weighted by Gasteiger charge is -2.36. The third-order valence-electron chi connectivity index (χ3n) is 8.84. The van der Waals surface area contributed by atoms with E-state index in [2.05, 4.69) is 116 Å². The van der Waals surface area contributed by atoms with Crippen LogP contribution in [0.25, 0.3) is 0 Å². The zero-order valence-electron chi connectivity index (χ0n) is 30.3. The quantitative estimate of drug-likeness (QED) is 0.203. The summed E-state index contributed by atoms with van der Waals surface area (Å²) in [5.74, 6) is 0.171. The van der Waals surface area contributed by atoms with E-state index < -0.39 is 0 Å². The van der Waals surface area contributed by atoms with Gasteiger partial charge in [0.1, 0.15) is 12.2 Å². The van der Waals surface area contributed by atoms with Gasteiger partial charge >= 0.3 is 0 Å². The molecule has 0 amide bonds. The van der Waals surface area contributed by atoms with E-state index >= 15 is 0 Å². The van der Waals surface area contributed by atoms with Gasteiger partial charge in [0.25, 0.3) is 0 Å². The molecule has 0 aromatic heterocycles. The number of rotatable bonds is 12. The van der Waals surface area contributed by atoms with Crippen LogP contribution in [0.1, 0.15) is 82.1 Å². The molecule has 0 fully saturated rings. The number of carbonyl (C=O) groups is 2. The number of ether oxygens (including phenoxy) is 2. The molecule has 0 aromatic rings. The summed E-state index contributed by atoms with van der Waals surface area (Å²) in [5.41, 5.74) is 8.03. The molecule has 2 rings (SSSR count). The van der Waals surface area contributed by atoms with Crippen LogP contribution in [0.15, 0.2) is 130 Å². The first-order valence-corrected chi connectivity index (χ1v) is 16.2. The van der Waals surface area contributed by atoms with Crippen molar-refractivity contribution in [2.45, 2.75) is 94.3 Å². The maximum atomic E-state index is 12.6. The fraction of sp³-hybridized carbons (Fsp3) is 0.429. The second kappa shape index (κ2) is 17.4. The molecule has 0 radical (unpaired) electrons. The fourth-order valence-electron chi connectivity index (χ4n) is 5.95. The number of hydrogen-bond acceptors (Lipinski definition) is 4. The van der Waals surface area contributed by atoms with Crippen LogP contribution in [0, 0.1) is 10.8 Å². The van der Waals surface area contributed by atoms with Gasteiger partial charge in [-0.15, -0.1) is 0 Å². The molecular weight excluding hydrogens is 568 g/mol. The summed E-state index contributed by atoms with van der Waals surface area (Å²) < 4.78 is 10.8. The van der Waals surface area contributed by atoms with Gasteiger partial charge in [-0.25, -0.2) is 0 Å². The summed E-state index contributed by atoms with van der Waals surface area (Å²) in [5, 5.41) is 0. The highest BCUT2D eigenvalue weighted by Crippen LogP contribution is 2.41. The Kier molecular flexibility index (Phi) is 14.6. The summed E-state index contributed by atoms with van der Waals surface area (Å²) in [6.45, 7) is 20.8. The molecule has 0 saturated heterocycles. The molecule has 248 valence electrons. The van der Waals surface area contributed by atoms with Gasteiger partial charge in [0.15, 0.2) is 11.6 Å². The summed E-state index contributed by atoms with van der Waals surface area (Å²) in [7, 11) is 3.22. The second-order valence-corrected chi connectivity index (χ2v) is 13.8. The molecule has 4 nitrogen and oxygen atoms in total.